The Morgan fingerprint density at radius 3 is 2.80 bits per heavy atom. The Labute approximate surface area is 94.8 Å². The third-order valence-electron chi connectivity index (χ3n) is 2.29. The van der Waals surface area contributed by atoms with Gasteiger partial charge >= 0.3 is 0 Å². The van der Waals surface area contributed by atoms with Crippen LogP contribution in [0.3, 0.4) is 0 Å². The molecule has 0 bridgehead atoms. The molecule has 0 aromatic carbocycles. The first kappa shape index (κ1) is 12.1. The van der Waals surface area contributed by atoms with Gasteiger partial charge in [0.25, 0.3) is 5.91 Å². The van der Waals surface area contributed by atoms with E-state index in [1.807, 2.05) is 0 Å². The molecule has 0 saturated carbocycles. The number of nitrogens with one attached hydrogen (secondary N) is 1. The van der Waals surface area contributed by atoms with Crippen LogP contribution in [0.4, 0.5) is 0 Å². The standard InChI is InChI=1S/C11H16ClNO2/c1-8(2)9(5-6-12)13-11(14)10-4-3-7-15-10/h3-4,7-9H,5-6H2,1-2H3,(H,13,14). The number of rotatable bonds is 5. The lowest BCUT2D eigenvalue weighted by molar-refractivity contribution is 0.0896. The first-order valence-electron chi connectivity index (χ1n) is 5.05. The Morgan fingerprint density at radius 2 is 2.33 bits per heavy atom. The highest BCUT2D eigenvalue weighted by molar-refractivity contribution is 6.17. The highest BCUT2D eigenvalue weighted by Gasteiger charge is 2.17. The highest BCUT2D eigenvalue weighted by atomic mass is 35.5. The van der Waals surface area contributed by atoms with Gasteiger partial charge in [0.1, 0.15) is 0 Å². The van der Waals surface area contributed by atoms with Crippen LogP contribution in [0.1, 0.15) is 30.8 Å². The predicted molar refractivity (Wildman–Crippen MR) is 60.1 cm³/mol. The van der Waals surface area contributed by atoms with Crippen molar-refractivity contribution in [3.63, 3.8) is 0 Å². The zero-order chi connectivity index (χ0) is 11.3. The van der Waals surface area contributed by atoms with Gasteiger partial charge in [-0.1, -0.05) is 13.8 Å². The van der Waals surface area contributed by atoms with Crippen LogP contribution >= 0.6 is 11.6 Å². The second kappa shape index (κ2) is 5.81. The SMILES string of the molecule is CC(C)C(CCCl)NC(=O)c1ccco1. The molecule has 0 aliphatic rings. The van der Waals surface area contributed by atoms with Crippen LogP contribution in [-0.2, 0) is 0 Å². The lowest BCUT2D eigenvalue weighted by Gasteiger charge is -2.20. The van der Waals surface area contributed by atoms with E-state index in [1.165, 1.54) is 6.26 Å². The summed E-state index contributed by atoms with van der Waals surface area (Å²) in [6, 6.07) is 3.44. The third-order valence-corrected chi connectivity index (χ3v) is 2.50. The van der Waals surface area contributed by atoms with Gasteiger partial charge in [0, 0.05) is 11.9 Å². The number of carbonyl (C=O) groups excluding carboxylic acids is 1. The van der Waals surface area contributed by atoms with E-state index in [9.17, 15) is 4.79 Å². The van der Waals surface area contributed by atoms with E-state index in [2.05, 4.69) is 19.2 Å². The molecule has 0 aliphatic carbocycles. The summed E-state index contributed by atoms with van der Waals surface area (Å²) >= 11 is 5.67. The van der Waals surface area contributed by atoms with Crippen LogP contribution in [0, 0.1) is 5.92 Å². The van der Waals surface area contributed by atoms with E-state index < -0.39 is 0 Å². The van der Waals surface area contributed by atoms with Gasteiger partial charge < -0.3 is 9.73 Å². The summed E-state index contributed by atoms with van der Waals surface area (Å²) in [7, 11) is 0. The van der Waals surface area contributed by atoms with Crippen molar-refractivity contribution >= 4 is 17.5 Å². The van der Waals surface area contributed by atoms with E-state index in [1.54, 1.807) is 12.1 Å². The summed E-state index contributed by atoms with van der Waals surface area (Å²) in [5, 5.41) is 2.90. The van der Waals surface area contributed by atoms with Crippen molar-refractivity contribution < 1.29 is 9.21 Å². The smallest absolute Gasteiger partial charge is 0.287 e. The van der Waals surface area contributed by atoms with Gasteiger partial charge in [-0.05, 0) is 24.5 Å². The molecular weight excluding hydrogens is 214 g/mol. The first-order valence-corrected chi connectivity index (χ1v) is 5.59. The zero-order valence-electron chi connectivity index (χ0n) is 9.00. The minimum absolute atomic E-state index is 0.0973. The molecule has 0 spiro atoms. The molecule has 1 heterocycles. The van der Waals surface area contributed by atoms with Crippen molar-refractivity contribution in [2.24, 2.45) is 5.92 Å². The van der Waals surface area contributed by atoms with E-state index in [0.29, 0.717) is 17.6 Å². The van der Waals surface area contributed by atoms with E-state index in [-0.39, 0.29) is 11.9 Å². The molecule has 1 unspecified atom stereocenters. The van der Waals surface area contributed by atoms with Crippen molar-refractivity contribution in [1.82, 2.24) is 5.32 Å². The molecule has 3 nitrogen and oxygen atoms in total. The van der Waals surface area contributed by atoms with Crippen molar-refractivity contribution in [3.05, 3.63) is 24.2 Å². The Bertz CT molecular complexity index is 296. The third kappa shape index (κ3) is 3.59. The molecule has 0 aliphatic heterocycles. The van der Waals surface area contributed by atoms with Crippen LogP contribution in [0.15, 0.2) is 22.8 Å². The summed E-state index contributed by atoms with van der Waals surface area (Å²) < 4.78 is 5.01. The van der Waals surface area contributed by atoms with Gasteiger partial charge in [-0.3, -0.25) is 4.79 Å². The number of carbonyl (C=O) groups is 1. The number of alkyl halides is 1. The quantitative estimate of drug-likeness (QED) is 0.789. The van der Waals surface area contributed by atoms with Crippen LogP contribution in [0.25, 0.3) is 0 Å². The van der Waals surface area contributed by atoms with Gasteiger partial charge in [-0.2, -0.15) is 0 Å². The molecule has 0 radical (unpaired) electrons. The van der Waals surface area contributed by atoms with Crippen molar-refractivity contribution in [3.8, 4) is 0 Å². The lowest BCUT2D eigenvalue weighted by Crippen LogP contribution is -2.38. The molecule has 4 heteroatoms. The Morgan fingerprint density at radius 1 is 1.60 bits per heavy atom. The molecule has 0 fully saturated rings. The maximum Gasteiger partial charge on any atom is 0.287 e. The maximum absolute atomic E-state index is 11.6. The van der Waals surface area contributed by atoms with Crippen LogP contribution in [0.2, 0.25) is 0 Å². The van der Waals surface area contributed by atoms with E-state index in [0.717, 1.165) is 6.42 Å². The average molecular weight is 230 g/mol. The first-order chi connectivity index (χ1) is 7.15. The van der Waals surface area contributed by atoms with Crippen molar-refractivity contribution in [2.75, 3.05) is 5.88 Å². The zero-order valence-corrected chi connectivity index (χ0v) is 9.75. The Kier molecular flexibility index (Phi) is 4.69. The second-order valence-corrected chi connectivity index (χ2v) is 4.16. The van der Waals surface area contributed by atoms with Gasteiger partial charge in [0.2, 0.25) is 0 Å². The van der Waals surface area contributed by atoms with Crippen molar-refractivity contribution in [2.45, 2.75) is 26.3 Å². The molecule has 84 valence electrons. The minimum Gasteiger partial charge on any atom is -0.459 e. The lowest BCUT2D eigenvalue weighted by atomic mass is 10.0. The largest absolute Gasteiger partial charge is 0.459 e. The number of furan rings is 1. The number of hydrogen-bond donors (Lipinski definition) is 1. The molecule has 15 heavy (non-hydrogen) atoms. The van der Waals surface area contributed by atoms with E-state index >= 15 is 0 Å². The average Bonchev–Trinajstić information content (AvgIpc) is 2.69. The topological polar surface area (TPSA) is 42.2 Å². The van der Waals surface area contributed by atoms with Gasteiger partial charge in [0.15, 0.2) is 5.76 Å². The summed E-state index contributed by atoms with van der Waals surface area (Å²) in [5.74, 6) is 1.07. The fourth-order valence-electron chi connectivity index (χ4n) is 1.34. The van der Waals surface area contributed by atoms with Crippen LogP contribution in [-0.4, -0.2) is 17.8 Å². The normalized spacial score (nSPS) is 12.8. The summed E-state index contributed by atoms with van der Waals surface area (Å²) in [6.45, 7) is 4.11. The number of halogens is 1. The Balaban J connectivity index is 2.55. The fraction of sp³-hybridized carbons (Fsp3) is 0.545. The minimum atomic E-state index is -0.177. The molecule has 1 rings (SSSR count). The summed E-state index contributed by atoms with van der Waals surface area (Å²) in [5.41, 5.74) is 0. The fourth-order valence-corrected chi connectivity index (χ4v) is 1.57. The highest BCUT2D eigenvalue weighted by Crippen LogP contribution is 2.09. The molecule has 1 amide bonds. The molecule has 0 saturated heterocycles. The molecular formula is C11H16ClNO2. The predicted octanol–water partition coefficient (Wildman–Crippen LogP) is 2.66. The second-order valence-electron chi connectivity index (χ2n) is 3.78. The molecule has 1 atom stereocenters. The molecule has 1 aromatic rings. The molecule has 1 N–H and O–H groups in total. The number of amides is 1. The van der Waals surface area contributed by atoms with Gasteiger partial charge in [0.05, 0.1) is 6.26 Å². The summed E-state index contributed by atoms with van der Waals surface area (Å²) in [6.07, 6.45) is 2.26. The van der Waals surface area contributed by atoms with Crippen LogP contribution < -0.4 is 5.32 Å². The van der Waals surface area contributed by atoms with Crippen LogP contribution in [0.5, 0.6) is 0 Å². The monoisotopic (exact) mass is 229 g/mol. The van der Waals surface area contributed by atoms with E-state index in [4.69, 9.17) is 16.0 Å². The van der Waals surface area contributed by atoms with Gasteiger partial charge in [-0.25, -0.2) is 0 Å². The summed E-state index contributed by atoms with van der Waals surface area (Å²) in [4.78, 5) is 11.6. The van der Waals surface area contributed by atoms with Crippen molar-refractivity contribution in [1.29, 1.82) is 0 Å². The molecule has 1 aromatic heterocycles. The van der Waals surface area contributed by atoms with Gasteiger partial charge in [-0.15, -0.1) is 11.6 Å². The Hall–Kier alpha value is -0.960. The number of hydrogen-bond acceptors (Lipinski definition) is 2. The maximum atomic E-state index is 11.6.